The van der Waals surface area contributed by atoms with Crippen LogP contribution in [0, 0.1) is 0 Å². The quantitative estimate of drug-likeness (QED) is 0.733. The summed E-state index contributed by atoms with van der Waals surface area (Å²) in [6.07, 6.45) is 1.78. The first-order valence-corrected chi connectivity index (χ1v) is 7.95. The Balaban J connectivity index is 1.67. The third-order valence-corrected chi connectivity index (χ3v) is 4.62. The Bertz CT molecular complexity index is 681. The first-order chi connectivity index (χ1) is 9.81. The second-order valence-corrected chi connectivity index (χ2v) is 6.05. The Labute approximate surface area is 125 Å². The molecule has 0 spiro atoms. The molecule has 3 nitrogen and oxygen atoms in total. The molecule has 0 aliphatic carbocycles. The van der Waals surface area contributed by atoms with Gasteiger partial charge in [0.1, 0.15) is 10.8 Å². The molecule has 1 aromatic carbocycles. The first kappa shape index (κ1) is 13.1. The fourth-order valence-corrected chi connectivity index (χ4v) is 3.37. The van der Waals surface area contributed by atoms with E-state index in [0.717, 1.165) is 27.0 Å². The number of aromatic nitrogens is 2. The Kier molecular flexibility index (Phi) is 3.99. The predicted octanol–water partition coefficient (Wildman–Crippen LogP) is 4.20. The number of phenolic OH excluding ortho intramolecular Hbond substituents is 1. The molecule has 0 atom stereocenters. The van der Waals surface area contributed by atoms with Gasteiger partial charge in [0.2, 0.25) is 0 Å². The number of hydrogen-bond donors (Lipinski definition) is 1. The standard InChI is InChI=1S/C15H12N2OS2/c18-12-4-6-13(7-5-12)19-9-11-10-20-15(17-11)14-3-1-2-8-16-14/h1-8,10,18H,9H2. The van der Waals surface area contributed by atoms with Crippen molar-refractivity contribution >= 4 is 23.1 Å². The zero-order chi connectivity index (χ0) is 13.8. The second kappa shape index (κ2) is 6.07. The number of phenols is 1. The van der Waals surface area contributed by atoms with E-state index in [1.165, 1.54) is 0 Å². The van der Waals surface area contributed by atoms with Gasteiger partial charge >= 0.3 is 0 Å². The summed E-state index contributed by atoms with van der Waals surface area (Å²) in [5.74, 6) is 1.11. The molecule has 100 valence electrons. The van der Waals surface area contributed by atoms with Crippen molar-refractivity contribution in [2.24, 2.45) is 0 Å². The van der Waals surface area contributed by atoms with Gasteiger partial charge in [0.15, 0.2) is 0 Å². The molecule has 0 amide bonds. The van der Waals surface area contributed by atoms with Crippen LogP contribution < -0.4 is 0 Å². The molecule has 0 bridgehead atoms. The smallest absolute Gasteiger partial charge is 0.142 e. The highest BCUT2D eigenvalue weighted by Crippen LogP contribution is 2.27. The lowest BCUT2D eigenvalue weighted by atomic mass is 10.3. The molecular weight excluding hydrogens is 288 g/mol. The summed E-state index contributed by atoms with van der Waals surface area (Å²) >= 11 is 3.32. The Morgan fingerprint density at radius 3 is 2.70 bits per heavy atom. The zero-order valence-electron chi connectivity index (χ0n) is 10.6. The number of pyridine rings is 1. The van der Waals surface area contributed by atoms with Gasteiger partial charge in [0, 0.05) is 22.2 Å². The van der Waals surface area contributed by atoms with Crippen LogP contribution in [0.4, 0.5) is 0 Å². The zero-order valence-corrected chi connectivity index (χ0v) is 12.2. The van der Waals surface area contributed by atoms with Crippen LogP contribution in [0.25, 0.3) is 10.7 Å². The fraction of sp³-hybridized carbons (Fsp3) is 0.0667. The summed E-state index contributed by atoms with van der Waals surface area (Å²) in [5, 5.41) is 12.3. The number of hydrogen-bond acceptors (Lipinski definition) is 5. The summed E-state index contributed by atoms with van der Waals surface area (Å²) in [6, 6.07) is 13.0. The molecule has 0 saturated heterocycles. The molecule has 5 heteroatoms. The summed E-state index contributed by atoms with van der Waals surface area (Å²) in [7, 11) is 0. The van der Waals surface area contributed by atoms with E-state index in [1.54, 1.807) is 41.4 Å². The van der Waals surface area contributed by atoms with E-state index < -0.39 is 0 Å². The van der Waals surface area contributed by atoms with Gasteiger partial charge in [-0.2, -0.15) is 0 Å². The Morgan fingerprint density at radius 1 is 1.10 bits per heavy atom. The molecule has 0 saturated carbocycles. The number of aromatic hydroxyl groups is 1. The molecule has 3 rings (SSSR count). The van der Waals surface area contributed by atoms with Crippen LogP contribution >= 0.6 is 23.1 Å². The SMILES string of the molecule is Oc1ccc(SCc2csc(-c3ccccn3)n2)cc1. The largest absolute Gasteiger partial charge is 0.508 e. The summed E-state index contributed by atoms with van der Waals surface area (Å²) < 4.78 is 0. The molecule has 0 radical (unpaired) electrons. The average molecular weight is 300 g/mol. The maximum absolute atomic E-state index is 9.24. The van der Waals surface area contributed by atoms with Crippen LogP contribution in [-0.4, -0.2) is 15.1 Å². The lowest BCUT2D eigenvalue weighted by Crippen LogP contribution is -1.83. The van der Waals surface area contributed by atoms with Crippen molar-refractivity contribution in [2.45, 2.75) is 10.6 Å². The number of thioether (sulfide) groups is 1. The van der Waals surface area contributed by atoms with E-state index in [0.29, 0.717) is 5.75 Å². The van der Waals surface area contributed by atoms with Crippen molar-refractivity contribution in [3.63, 3.8) is 0 Å². The molecule has 2 heterocycles. The molecule has 20 heavy (non-hydrogen) atoms. The summed E-state index contributed by atoms with van der Waals surface area (Å²) in [4.78, 5) is 10.0. The monoisotopic (exact) mass is 300 g/mol. The van der Waals surface area contributed by atoms with Gasteiger partial charge in [-0.25, -0.2) is 4.98 Å². The maximum atomic E-state index is 9.24. The second-order valence-electron chi connectivity index (χ2n) is 4.14. The highest BCUT2D eigenvalue weighted by atomic mass is 32.2. The van der Waals surface area contributed by atoms with E-state index >= 15 is 0 Å². The third kappa shape index (κ3) is 3.18. The number of thiazole rings is 1. The average Bonchev–Trinajstić information content (AvgIpc) is 2.97. The van der Waals surface area contributed by atoms with Crippen LogP contribution in [0.5, 0.6) is 5.75 Å². The van der Waals surface area contributed by atoms with Crippen LogP contribution in [0.2, 0.25) is 0 Å². The molecule has 1 N–H and O–H groups in total. The number of benzene rings is 1. The van der Waals surface area contributed by atoms with Crippen molar-refractivity contribution in [3.8, 4) is 16.5 Å². The molecule has 0 fully saturated rings. The van der Waals surface area contributed by atoms with Crippen LogP contribution in [-0.2, 0) is 5.75 Å². The topological polar surface area (TPSA) is 46.0 Å². The van der Waals surface area contributed by atoms with Crippen molar-refractivity contribution in [3.05, 3.63) is 59.7 Å². The lowest BCUT2D eigenvalue weighted by molar-refractivity contribution is 0.475. The van der Waals surface area contributed by atoms with Gasteiger partial charge < -0.3 is 5.11 Å². The van der Waals surface area contributed by atoms with Crippen molar-refractivity contribution < 1.29 is 5.11 Å². The first-order valence-electron chi connectivity index (χ1n) is 6.09. The Morgan fingerprint density at radius 2 is 1.95 bits per heavy atom. The van der Waals surface area contributed by atoms with Gasteiger partial charge in [-0.15, -0.1) is 23.1 Å². The molecule has 0 unspecified atom stereocenters. The van der Waals surface area contributed by atoms with Crippen molar-refractivity contribution in [1.82, 2.24) is 9.97 Å². The molecule has 3 aromatic rings. The molecule has 0 aliphatic heterocycles. The van der Waals surface area contributed by atoms with Crippen LogP contribution in [0.3, 0.4) is 0 Å². The number of rotatable bonds is 4. The van der Waals surface area contributed by atoms with E-state index in [-0.39, 0.29) is 0 Å². The summed E-state index contributed by atoms with van der Waals surface area (Å²) in [6.45, 7) is 0. The van der Waals surface area contributed by atoms with Gasteiger partial charge in [-0.3, -0.25) is 4.98 Å². The fourth-order valence-electron chi connectivity index (χ4n) is 1.68. The highest BCUT2D eigenvalue weighted by molar-refractivity contribution is 7.98. The molecule has 2 aromatic heterocycles. The molecular formula is C15H12N2OS2. The van der Waals surface area contributed by atoms with Gasteiger partial charge in [0.05, 0.1) is 11.4 Å². The Hall–Kier alpha value is -1.85. The van der Waals surface area contributed by atoms with Gasteiger partial charge in [0.25, 0.3) is 0 Å². The minimum atomic E-state index is 0.292. The predicted molar refractivity (Wildman–Crippen MR) is 83.0 cm³/mol. The third-order valence-electron chi connectivity index (χ3n) is 2.66. The minimum Gasteiger partial charge on any atom is -0.508 e. The maximum Gasteiger partial charge on any atom is 0.142 e. The lowest BCUT2D eigenvalue weighted by Gasteiger charge is -1.99. The minimum absolute atomic E-state index is 0.292. The van der Waals surface area contributed by atoms with Crippen molar-refractivity contribution in [1.29, 1.82) is 0 Å². The molecule has 0 aliphatic rings. The van der Waals surface area contributed by atoms with Gasteiger partial charge in [-0.05, 0) is 36.4 Å². The van der Waals surface area contributed by atoms with Gasteiger partial charge in [-0.1, -0.05) is 6.07 Å². The number of nitrogens with zero attached hydrogens (tertiary/aromatic N) is 2. The van der Waals surface area contributed by atoms with E-state index in [2.05, 4.69) is 15.3 Å². The summed E-state index contributed by atoms with van der Waals surface area (Å²) in [5.41, 5.74) is 1.96. The van der Waals surface area contributed by atoms with E-state index in [9.17, 15) is 5.11 Å². The van der Waals surface area contributed by atoms with E-state index in [4.69, 9.17) is 0 Å². The van der Waals surface area contributed by atoms with Crippen LogP contribution in [0.15, 0.2) is 58.9 Å². The van der Waals surface area contributed by atoms with Crippen molar-refractivity contribution in [2.75, 3.05) is 0 Å². The normalized spacial score (nSPS) is 10.6. The highest BCUT2D eigenvalue weighted by Gasteiger charge is 2.06. The van der Waals surface area contributed by atoms with E-state index in [1.807, 2.05) is 30.3 Å². The van der Waals surface area contributed by atoms with Crippen LogP contribution in [0.1, 0.15) is 5.69 Å².